The molecule has 0 aliphatic heterocycles. The van der Waals surface area contributed by atoms with Gasteiger partial charge in [-0.25, -0.2) is 0 Å². The first kappa shape index (κ1) is 15.0. The van der Waals surface area contributed by atoms with Crippen LogP contribution in [0.15, 0.2) is 36.5 Å². The lowest BCUT2D eigenvalue weighted by atomic mass is 10.1. The van der Waals surface area contributed by atoms with Gasteiger partial charge in [-0.15, -0.1) is 0 Å². The number of methoxy groups -OCH3 is 1. The number of hydrogen-bond donors (Lipinski definition) is 2. The van der Waals surface area contributed by atoms with Gasteiger partial charge in [-0.1, -0.05) is 18.2 Å². The van der Waals surface area contributed by atoms with Gasteiger partial charge in [0.25, 0.3) is 5.91 Å². The van der Waals surface area contributed by atoms with Crippen LogP contribution in [0, 0.1) is 6.92 Å². The van der Waals surface area contributed by atoms with Crippen molar-refractivity contribution in [2.75, 3.05) is 24.8 Å². The second-order valence-electron chi connectivity index (χ2n) is 4.67. The zero-order valence-corrected chi connectivity index (χ0v) is 12.4. The van der Waals surface area contributed by atoms with E-state index in [-0.39, 0.29) is 5.91 Å². The molecule has 2 rings (SSSR count). The van der Waals surface area contributed by atoms with Gasteiger partial charge in [-0.2, -0.15) is 0 Å². The number of carbonyl (C=O) groups excluding carboxylic acids is 1. The predicted octanol–water partition coefficient (Wildman–Crippen LogP) is 2.83. The van der Waals surface area contributed by atoms with E-state index in [0.29, 0.717) is 12.2 Å². The summed E-state index contributed by atoms with van der Waals surface area (Å²) in [7, 11) is 3.41. The Morgan fingerprint density at radius 2 is 2.05 bits per heavy atom. The summed E-state index contributed by atoms with van der Waals surface area (Å²) in [5.74, 6) is -0.199. The van der Waals surface area contributed by atoms with Crippen LogP contribution < -0.4 is 10.6 Å². The first-order chi connectivity index (χ1) is 10.2. The molecule has 5 nitrogen and oxygen atoms in total. The molecule has 110 valence electrons. The van der Waals surface area contributed by atoms with E-state index < -0.39 is 0 Å². The summed E-state index contributed by atoms with van der Waals surface area (Å²) in [5.41, 5.74) is 3.79. The third-order valence-electron chi connectivity index (χ3n) is 3.12. The fourth-order valence-corrected chi connectivity index (χ4v) is 2.06. The molecule has 0 atom stereocenters. The van der Waals surface area contributed by atoms with Crippen LogP contribution in [0.4, 0.5) is 11.4 Å². The number of benzene rings is 1. The summed E-state index contributed by atoms with van der Waals surface area (Å²) in [5, 5.41) is 5.92. The van der Waals surface area contributed by atoms with Crippen molar-refractivity contribution >= 4 is 17.3 Å². The van der Waals surface area contributed by atoms with E-state index in [2.05, 4.69) is 15.6 Å². The number of ether oxygens (including phenoxy) is 1. The van der Waals surface area contributed by atoms with Crippen molar-refractivity contribution in [1.82, 2.24) is 4.98 Å². The molecule has 0 saturated carbocycles. The van der Waals surface area contributed by atoms with Gasteiger partial charge in [0.15, 0.2) is 0 Å². The lowest BCUT2D eigenvalue weighted by molar-refractivity contribution is 0.102. The molecule has 0 fully saturated rings. The molecule has 2 aromatic rings. The standard InChI is InChI=1S/C16H19N3O2/c1-11-8-15(17-2)13(9-18-11)16(20)19-14-7-5-4-6-12(14)10-21-3/h4-9H,10H2,1-3H3,(H,17,18)(H,19,20). The first-order valence-corrected chi connectivity index (χ1v) is 6.68. The molecule has 5 heteroatoms. The molecule has 21 heavy (non-hydrogen) atoms. The number of aromatic nitrogens is 1. The predicted molar refractivity (Wildman–Crippen MR) is 83.6 cm³/mol. The number of anilines is 2. The number of nitrogens with zero attached hydrogens (tertiary/aromatic N) is 1. The van der Waals surface area contributed by atoms with Crippen LogP contribution in [-0.2, 0) is 11.3 Å². The molecule has 1 aromatic heterocycles. The molecular weight excluding hydrogens is 266 g/mol. The Labute approximate surface area is 124 Å². The Balaban J connectivity index is 2.26. The smallest absolute Gasteiger partial charge is 0.259 e. The van der Waals surface area contributed by atoms with Crippen LogP contribution in [0.3, 0.4) is 0 Å². The highest BCUT2D eigenvalue weighted by Crippen LogP contribution is 2.20. The van der Waals surface area contributed by atoms with Crippen molar-refractivity contribution < 1.29 is 9.53 Å². The minimum Gasteiger partial charge on any atom is -0.387 e. The molecular formula is C16H19N3O2. The highest BCUT2D eigenvalue weighted by Gasteiger charge is 2.13. The molecule has 0 saturated heterocycles. The van der Waals surface area contributed by atoms with Gasteiger partial charge in [0.1, 0.15) is 0 Å². The van der Waals surface area contributed by atoms with Gasteiger partial charge in [-0.3, -0.25) is 9.78 Å². The number of amides is 1. The summed E-state index contributed by atoms with van der Waals surface area (Å²) in [4.78, 5) is 16.6. The number of rotatable bonds is 5. The normalized spacial score (nSPS) is 10.2. The number of carbonyl (C=O) groups is 1. The third-order valence-corrected chi connectivity index (χ3v) is 3.12. The van der Waals surface area contributed by atoms with E-state index in [4.69, 9.17) is 4.74 Å². The van der Waals surface area contributed by atoms with E-state index in [1.54, 1.807) is 20.4 Å². The lowest BCUT2D eigenvalue weighted by Gasteiger charge is -2.13. The van der Waals surface area contributed by atoms with Crippen LogP contribution in [0.25, 0.3) is 0 Å². The summed E-state index contributed by atoms with van der Waals surface area (Å²) >= 11 is 0. The number of nitrogens with one attached hydrogen (secondary N) is 2. The molecule has 0 spiro atoms. The lowest BCUT2D eigenvalue weighted by Crippen LogP contribution is -2.16. The minimum absolute atomic E-state index is 0.199. The molecule has 1 aromatic carbocycles. The van der Waals surface area contributed by atoms with Crippen LogP contribution in [-0.4, -0.2) is 25.0 Å². The Morgan fingerprint density at radius 3 is 2.76 bits per heavy atom. The zero-order valence-electron chi connectivity index (χ0n) is 12.4. The van der Waals surface area contributed by atoms with Gasteiger partial charge in [0, 0.05) is 37.3 Å². The maximum atomic E-state index is 12.4. The Morgan fingerprint density at radius 1 is 1.29 bits per heavy atom. The van der Waals surface area contributed by atoms with Gasteiger partial charge >= 0.3 is 0 Å². The second-order valence-corrected chi connectivity index (χ2v) is 4.67. The fourth-order valence-electron chi connectivity index (χ4n) is 2.06. The minimum atomic E-state index is -0.199. The van der Waals surface area contributed by atoms with Crippen molar-refractivity contribution in [2.45, 2.75) is 13.5 Å². The molecule has 2 N–H and O–H groups in total. The number of pyridine rings is 1. The van der Waals surface area contributed by atoms with E-state index in [9.17, 15) is 4.79 Å². The monoisotopic (exact) mass is 285 g/mol. The van der Waals surface area contributed by atoms with Gasteiger partial charge in [0.2, 0.25) is 0 Å². The molecule has 0 bridgehead atoms. The molecule has 0 radical (unpaired) electrons. The SMILES string of the molecule is CNc1cc(C)ncc1C(=O)Nc1ccccc1COC. The largest absolute Gasteiger partial charge is 0.387 e. The summed E-state index contributed by atoms with van der Waals surface area (Å²) in [6.07, 6.45) is 1.58. The van der Waals surface area contributed by atoms with Crippen LogP contribution in [0.5, 0.6) is 0 Å². The number of para-hydroxylation sites is 1. The summed E-state index contributed by atoms with van der Waals surface area (Å²) in [6.45, 7) is 2.33. The Kier molecular flexibility index (Phi) is 4.90. The number of aryl methyl sites for hydroxylation is 1. The molecule has 1 amide bonds. The maximum absolute atomic E-state index is 12.4. The fraction of sp³-hybridized carbons (Fsp3) is 0.250. The third kappa shape index (κ3) is 3.58. The Hall–Kier alpha value is -2.40. The van der Waals surface area contributed by atoms with Crippen LogP contribution in [0.2, 0.25) is 0 Å². The highest BCUT2D eigenvalue weighted by molar-refractivity contribution is 6.08. The average Bonchev–Trinajstić information content (AvgIpc) is 2.49. The Bertz CT molecular complexity index is 641. The topological polar surface area (TPSA) is 63.2 Å². The van der Waals surface area contributed by atoms with Crippen LogP contribution >= 0.6 is 0 Å². The van der Waals surface area contributed by atoms with Gasteiger partial charge < -0.3 is 15.4 Å². The molecule has 1 heterocycles. The van der Waals surface area contributed by atoms with Gasteiger partial charge in [-0.05, 0) is 19.1 Å². The van der Waals surface area contributed by atoms with Gasteiger partial charge in [0.05, 0.1) is 17.9 Å². The maximum Gasteiger partial charge on any atom is 0.259 e. The zero-order chi connectivity index (χ0) is 15.2. The summed E-state index contributed by atoms with van der Waals surface area (Å²) < 4.78 is 5.14. The van der Waals surface area contributed by atoms with E-state index in [0.717, 1.165) is 22.6 Å². The number of hydrogen-bond acceptors (Lipinski definition) is 4. The van der Waals surface area contributed by atoms with Crippen molar-refractivity contribution in [3.63, 3.8) is 0 Å². The van der Waals surface area contributed by atoms with E-state index in [1.165, 1.54) is 0 Å². The summed E-state index contributed by atoms with van der Waals surface area (Å²) in [6, 6.07) is 9.41. The molecule has 0 unspecified atom stereocenters. The first-order valence-electron chi connectivity index (χ1n) is 6.68. The molecule has 0 aliphatic carbocycles. The average molecular weight is 285 g/mol. The van der Waals surface area contributed by atoms with E-state index >= 15 is 0 Å². The van der Waals surface area contributed by atoms with E-state index in [1.807, 2.05) is 37.3 Å². The van der Waals surface area contributed by atoms with Crippen molar-refractivity contribution in [2.24, 2.45) is 0 Å². The van der Waals surface area contributed by atoms with Crippen molar-refractivity contribution in [1.29, 1.82) is 0 Å². The highest BCUT2D eigenvalue weighted by atomic mass is 16.5. The van der Waals surface area contributed by atoms with Crippen molar-refractivity contribution in [3.05, 3.63) is 53.3 Å². The van der Waals surface area contributed by atoms with Crippen molar-refractivity contribution in [3.8, 4) is 0 Å². The molecule has 0 aliphatic rings. The quantitative estimate of drug-likeness (QED) is 0.886. The van der Waals surface area contributed by atoms with Crippen LogP contribution in [0.1, 0.15) is 21.6 Å². The second kappa shape index (κ2) is 6.85.